The molecule has 0 bridgehead atoms. The summed E-state index contributed by atoms with van der Waals surface area (Å²) in [5, 5.41) is 32.5. The Hall–Kier alpha value is -1.53. The van der Waals surface area contributed by atoms with Crippen LogP contribution in [-0.4, -0.2) is 45.4 Å². The number of aliphatic hydroxyl groups excluding tert-OH is 3. The zero-order chi connectivity index (χ0) is 21.9. The first-order valence-electron chi connectivity index (χ1n) is 10.9. The molecule has 0 spiro atoms. The first-order chi connectivity index (χ1) is 13.6. The van der Waals surface area contributed by atoms with Crippen molar-refractivity contribution in [3.63, 3.8) is 0 Å². The number of carbonyl (C=O) groups excluding carboxylic acids is 3. The minimum absolute atomic E-state index is 0.249. The smallest absolute Gasteiger partial charge is 0.203 e. The molecule has 1 saturated carbocycles. The van der Waals surface area contributed by atoms with E-state index in [1.54, 1.807) is 13.8 Å². The Morgan fingerprint density at radius 2 is 1.93 bits per heavy atom. The summed E-state index contributed by atoms with van der Waals surface area (Å²) in [6, 6.07) is 0. The Bertz CT molecular complexity index is 668. The number of rotatable bonds is 9. The van der Waals surface area contributed by atoms with Crippen LogP contribution >= 0.6 is 0 Å². The summed E-state index contributed by atoms with van der Waals surface area (Å²) in [6.07, 6.45) is 3.19. The van der Waals surface area contributed by atoms with Gasteiger partial charge < -0.3 is 20.1 Å². The predicted molar refractivity (Wildman–Crippen MR) is 109 cm³/mol. The molecule has 0 radical (unpaired) electrons. The highest BCUT2D eigenvalue weighted by molar-refractivity contribution is 6.04. The molecule has 2 rings (SSSR count). The van der Waals surface area contributed by atoms with E-state index in [0.717, 1.165) is 25.7 Å². The SMILES string of the molecule is CCCCCCC(C)C1=C(O)C(=O)C2C(O)C(C)CC(O)C2C1(C)C(=O)CC=O. The summed E-state index contributed by atoms with van der Waals surface area (Å²) < 4.78 is 0. The zero-order valence-corrected chi connectivity index (χ0v) is 18.1. The van der Waals surface area contributed by atoms with E-state index in [4.69, 9.17) is 0 Å². The van der Waals surface area contributed by atoms with Gasteiger partial charge >= 0.3 is 0 Å². The molecule has 164 valence electrons. The van der Waals surface area contributed by atoms with Crippen molar-refractivity contribution in [2.45, 2.75) is 84.8 Å². The highest BCUT2D eigenvalue weighted by atomic mass is 16.3. The topological polar surface area (TPSA) is 112 Å². The van der Waals surface area contributed by atoms with Crippen molar-refractivity contribution < 1.29 is 29.7 Å². The van der Waals surface area contributed by atoms with Crippen molar-refractivity contribution in [2.75, 3.05) is 0 Å². The number of ketones is 2. The standard InChI is InChI=1S/C23H36O6/c1-5-6-7-8-9-13(2)18-22(29)21(28)17-19(15(25)12-14(3)20(17)27)23(18,4)16(26)10-11-24/h11,13-15,17,19-20,25,27,29H,5-10,12H2,1-4H3. The molecule has 0 aromatic carbocycles. The number of allylic oxidation sites excluding steroid dienone is 2. The third kappa shape index (κ3) is 4.19. The molecule has 0 aromatic rings. The van der Waals surface area contributed by atoms with Gasteiger partial charge in [-0.2, -0.15) is 0 Å². The van der Waals surface area contributed by atoms with Crippen LogP contribution in [0.15, 0.2) is 11.3 Å². The minimum Gasteiger partial charge on any atom is -0.504 e. The average Bonchev–Trinajstić information content (AvgIpc) is 2.66. The van der Waals surface area contributed by atoms with Gasteiger partial charge in [0.15, 0.2) is 5.76 Å². The van der Waals surface area contributed by atoms with Crippen LogP contribution in [0, 0.1) is 29.1 Å². The Morgan fingerprint density at radius 1 is 1.28 bits per heavy atom. The Morgan fingerprint density at radius 3 is 2.52 bits per heavy atom. The van der Waals surface area contributed by atoms with Gasteiger partial charge in [0, 0.05) is 5.92 Å². The summed E-state index contributed by atoms with van der Waals surface area (Å²) in [6.45, 7) is 7.37. The van der Waals surface area contributed by atoms with Gasteiger partial charge in [-0.25, -0.2) is 0 Å². The molecule has 3 N–H and O–H groups in total. The number of hydrogen-bond acceptors (Lipinski definition) is 6. The lowest BCUT2D eigenvalue weighted by Gasteiger charge is -2.53. The highest BCUT2D eigenvalue weighted by Gasteiger charge is 2.61. The lowest BCUT2D eigenvalue weighted by atomic mass is 9.50. The molecular formula is C23H36O6. The van der Waals surface area contributed by atoms with Crippen LogP contribution in [-0.2, 0) is 14.4 Å². The van der Waals surface area contributed by atoms with Crippen molar-refractivity contribution in [1.82, 2.24) is 0 Å². The van der Waals surface area contributed by atoms with Gasteiger partial charge in [-0.15, -0.1) is 0 Å². The predicted octanol–water partition coefficient (Wildman–Crippen LogP) is 3.15. The quantitative estimate of drug-likeness (QED) is 0.307. The van der Waals surface area contributed by atoms with Crippen LogP contribution in [0.25, 0.3) is 0 Å². The molecule has 6 nitrogen and oxygen atoms in total. The van der Waals surface area contributed by atoms with E-state index in [1.165, 1.54) is 0 Å². The van der Waals surface area contributed by atoms with E-state index >= 15 is 0 Å². The van der Waals surface area contributed by atoms with Crippen LogP contribution in [0.5, 0.6) is 0 Å². The van der Waals surface area contributed by atoms with Crippen LogP contribution in [0.4, 0.5) is 0 Å². The number of fused-ring (bicyclic) bond motifs is 1. The van der Waals surface area contributed by atoms with Gasteiger partial charge in [0.05, 0.1) is 30.0 Å². The summed E-state index contributed by atoms with van der Waals surface area (Å²) in [7, 11) is 0. The summed E-state index contributed by atoms with van der Waals surface area (Å²) in [5.41, 5.74) is -1.04. The normalized spacial score (nSPS) is 35.9. The molecule has 7 atom stereocenters. The number of hydrogen-bond donors (Lipinski definition) is 3. The van der Waals surface area contributed by atoms with Gasteiger partial charge in [0.1, 0.15) is 12.1 Å². The molecule has 2 aliphatic rings. The van der Waals surface area contributed by atoms with E-state index in [2.05, 4.69) is 6.92 Å². The number of aliphatic hydroxyl groups is 3. The second-order valence-electron chi connectivity index (χ2n) is 9.20. The van der Waals surface area contributed by atoms with Gasteiger partial charge in [0.2, 0.25) is 5.78 Å². The van der Waals surface area contributed by atoms with Crippen molar-refractivity contribution in [3.05, 3.63) is 11.3 Å². The maximum absolute atomic E-state index is 13.2. The third-order valence-corrected chi connectivity index (χ3v) is 7.21. The minimum atomic E-state index is -1.37. The van der Waals surface area contributed by atoms with Crippen molar-refractivity contribution >= 4 is 17.9 Å². The molecule has 0 aliphatic heterocycles. The van der Waals surface area contributed by atoms with E-state index in [9.17, 15) is 29.7 Å². The Labute approximate surface area is 173 Å². The molecule has 1 fully saturated rings. The molecule has 0 aromatic heterocycles. The van der Waals surface area contributed by atoms with Crippen LogP contribution in [0.2, 0.25) is 0 Å². The van der Waals surface area contributed by atoms with Gasteiger partial charge in [0.25, 0.3) is 0 Å². The van der Waals surface area contributed by atoms with Crippen LogP contribution in [0.1, 0.15) is 72.6 Å². The average molecular weight is 409 g/mol. The van der Waals surface area contributed by atoms with Crippen LogP contribution in [0.3, 0.4) is 0 Å². The highest BCUT2D eigenvalue weighted by Crippen LogP contribution is 2.55. The maximum Gasteiger partial charge on any atom is 0.203 e. The fourth-order valence-electron chi connectivity index (χ4n) is 5.64. The maximum atomic E-state index is 13.2. The largest absolute Gasteiger partial charge is 0.504 e. The van der Waals surface area contributed by atoms with Gasteiger partial charge in [-0.3, -0.25) is 9.59 Å². The summed E-state index contributed by atoms with van der Waals surface area (Å²) in [4.78, 5) is 37.4. The number of aldehydes is 1. The molecule has 0 amide bonds. The second kappa shape index (κ2) is 9.52. The number of Topliss-reactive ketones (excluding diaryl/α,β-unsaturated/α-hetero) is 2. The molecule has 0 heterocycles. The zero-order valence-electron chi connectivity index (χ0n) is 18.1. The van der Waals surface area contributed by atoms with Gasteiger partial charge in [-0.05, 0) is 37.2 Å². The second-order valence-corrected chi connectivity index (χ2v) is 9.20. The molecule has 0 saturated heterocycles. The Kier molecular flexibility index (Phi) is 7.80. The van der Waals surface area contributed by atoms with Gasteiger partial charge in [-0.1, -0.05) is 46.5 Å². The van der Waals surface area contributed by atoms with E-state index in [-0.39, 0.29) is 24.7 Å². The summed E-state index contributed by atoms with van der Waals surface area (Å²) >= 11 is 0. The van der Waals surface area contributed by atoms with E-state index < -0.39 is 46.8 Å². The fraction of sp³-hybridized carbons (Fsp3) is 0.783. The van der Waals surface area contributed by atoms with E-state index in [1.807, 2.05) is 6.92 Å². The van der Waals surface area contributed by atoms with Crippen molar-refractivity contribution in [1.29, 1.82) is 0 Å². The number of unbranched alkanes of at least 4 members (excludes halogenated alkanes) is 3. The third-order valence-electron chi connectivity index (χ3n) is 7.21. The monoisotopic (exact) mass is 408 g/mol. The lowest BCUT2D eigenvalue weighted by Crippen LogP contribution is -2.61. The molecule has 7 unspecified atom stereocenters. The first-order valence-corrected chi connectivity index (χ1v) is 10.9. The Balaban J connectivity index is 2.55. The molecule has 6 heteroatoms. The fourth-order valence-corrected chi connectivity index (χ4v) is 5.64. The van der Waals surface area contributed by atoms with Crippen molar-refractivity contribution in [2.24, 2.45) is 29.1 Å². The molecule has 2 aliphatic carbocycles. The summed E-state index contributed by atoms with van der Waals surface area (Å²) in [5.74, 6) is -3.96. The lowest BCUT2D eigenvalue weighted by molar-refractivity contribution is -0.161. The van der Waals surface area contributed by atoms with Crippen LogP contribution < -0.4 is 0 Å². The van der Waals surface area contributed by atoms with Crippen molar-refractivity contribution in [3.8, 4) is 0 Å². The first kappa shape index (κ1) is 23.7. The number of carbonyl (C=O) groups is 3. The molecular weight excluding hydrogens is 372 g/mol. The molecule has 29 heavy (non-hydrogen) atoms. The van der Waals surface area contributed by atoms with E-state index in [0.29, 0.717) is 18.3 Å².